The molecular weight excluding hydrogens is 238 g/mol. The Bertz CT molecular complexity index is 220. The van der Waals surface area contributed by atoms with Gasteiger partial charge in [0.25, 0.3) is 0 Å². The van der Waals surface area contributed by atoms with E-state index < -0.39 is 0 Å². The highest BCUT2D eigenvalue weighted by molar-refractivity contribution is 7.99. The van der Waals surface area contributed by atoms with Crippen LogP contribution in [-0.4, -0.2) is 49.9 Å². The van der Waals surface area contributed by atoms with Crippen molar-refractivity contribution in [3.05, 3.63) is 0 Å². The molecule has 1 aliphatic rings. The number of thioether (sulfide) groups is 1. The monoisotopic (exact) mass is 261 g/mol. The molecule has 0 radical (unpaired) electrons. The number of carbonyl (C=O) groups is 1. The molecule has 0 amide bonds. The van der Waals surface area contributed by atoms with E-state index in [1.165, 1.54) is 0 Å². The number of esters is 1. The van der Waals surface area contributed by atoms with Crippen molar-refractivity contribution in [3.63, 3.8) is 0 Å². The SMILES string of the molecule is CCOC(=O)C(CCSC1CCOCC1)NC. The van der Waals surface area contributed by atoms with Gasteiger partial charge in [0.15, 0.2) is 0 Å². The third-order valence-corrected chi connectivity index (χ3v) is 4.26. The van der Waals surface area contributed by atoms with E-state index in [1.54, 1.807) is 7.05 Å². The van der Waals surface area contributed by atoms with Gasteiger partial charge in [0.1, 0.15) is 6.04 Å². The van der Waals surface area contributed by atoms with Crippen LogP contribution in [0.5, 0.6) is 0 Å². The average molecular weight is 261 g/mol. The highest BCUT2D eigenvalue weighted by atomic mass is 32.2. The van der Waals surface area contributed by atoms with E-state index >= 15 is 0 Å². The first-order valence-electron chi connectivity index (χ1n) is 6.31. The van der Waals surface area contributed by atoms with Crippen molar-refractivity contribution in [1.82, 2.24) is 5.32 Å². The number of hydrogen-bond acceptors (Lipinski definition) is 5. The van der Waals surface area contributed by atoms with Gasteiger partial charge in [-0.1, -0.05) is 0 Å². The van der Waals surface area contributed by atoms with Crippen molar-refractivity contribution in [2.45, 2.75) is 37.5 Å². The maximum atomic E-state index is 11.5. The van der Waals surface area contributed by atoms with Crippen molar-refractivity contribution >= 4 is 17.7 Å². The zero-order valence-corrected chi connectivity index (χ0v) is 11.6. The van der Waals surface area contributed by atoms with Crippen LogP contribution in [-0.2, 0) is 14.3 Å². The Balaban J connectivity index is 2.16. The van der Waals surface area contributed by atoms with Crippen LogP contribution >= 0.6 is 11.8 Å². The van der Waals surface area contributed by atoms with Crippen LogP contribution in [0.3, 0.4) is 0 Å². The molecule has 1 rings (SSSR count). The molecule has 5 heteroatoms. The maximum Gasteiger partial charge on any atom is 0.323 e. The van der Waals surface area contributed by atoms with Crippen molar-refractivity contribution in [2.75, 3.05) is 32.6 Å². The van der Waals surface area contributed by atoms with Crippen molar-refractivity contribution < 1.29 is 14.3 Å². The minimum absolute atomic E-state index is 0.137. The lowest BCUT2D eigenvalue weighted by Gasteiger charge is -2.22. The number of ether oxygens (including phenoxy) is 2. The molecule has 1 fully saturated rings. The number of likely N-dealkylation sites (N-methyl/N-ethyl adjacent to an activating group) is 1. The van der Waals surface area contributed by atoms with E-state index in [1.807, 2.05) is 18.7 Å². The van der Waals surface area contributed by atoms with Gasteiger partial charge in [-0.05, 0) is 39.0 Å². The highest BCUT2D eigenvalue weighted by Gasteiger charge is 2.19. The zero-order valence-electron chi connectivity index (χ0n) is 10.7. The maximum absolute atomic E-state index is 11.5. The summed E-state index contributed by atoms with van der Waals surface area (Å²) in [4.78, 5) is 11.5. The smallest absolute Gasteiger partial charge is 0.323 e. The molecule has 0 bridgehead atoms. The Labute approximate surface area is 108 Å². The number of hydrogen-bond donors (Lipinski definition) is 1. The van der Waals surface area contributed by atoms with E-state index in [-0.39, 0.29) is 12.0 Å². The fourth-order valence-electron chi connectivity index (χ4n) is 1.82. The van der Waals surface area contributed by atoms with E-state index in [2.05, 4.69) is 5.32 Å². The molecule has 0 spiro atoms. The summed E-state index contributed by atoms with van der Waals surface area (Å²) in [6.45, 7) is 4.04. The van der Waals surface area contributed by atoms with E-state index in [4.69, 9.17) is 9.47 Å². The lowest BCUT2D eigenvalue weighted by atomic mass is 10.2. The molecule has 1 aliphatic heterocycles. The molecule has 0 aromatic carbocycles. The first-order valence-corrected chi connectivity index (χ1v) is 7.36. The normalized spacial score (nSPS) is 18.9. The van der Waals surface area contributed by atoms with Crippen LogP contribution in [0.2, 0.25) is 0 Å². The minimum Gasteiger partial charge on any atom is -0.465 e. The van der Waals surface area contributed by atoms with Gasteiger partial charge in [-0.25, -0.2) is 0 Å². The van der Waals surface area contributed by atoms with Crippen LogP contribution in [0.1, 0.15) is 26.2 Å². The Morgan fingerprint density at radius 3 is 2.82 bits per heavy atom. The van der Waals surface area contributed by atoms with Gasteiger partial charge < -0.3 is 14.8 Å². The number of rotatable bonds is 7. The highest BCUT2D eigenvalue weighted by Crippen LogP contribution is 2.22. The first kappa shape index (κ1) is 14.8. The van der Waals surface area contributed by atoms with Gasteiger partial charge in [0, 0.05) is 18.5 Å². The molecule has 0 aromatic heterocycles. The van der Waals surface area contributed by atoms with Gasteiger partial charge in [-0.15, -0.1) is 0 Å². The summed E-state index contributed by atoms with van der Waals surface area (Å²) >= 11 is 1.95. The van der Waals surface area contributed by atoms with Crippen LogP contribution in [0, 0.1) is 0 Å². The quantitative estimate of drug-likeness (QED) is 0.703. The number of nitrogens with one attached hydrogen (secondary N) is 1. The predicted molar refractivity (Wildman–Crippen MR) is 70.4 cm³/mol. The summed E-state index contributed by atoms with van der Waals surface area (Å²) < 4.78 is 10.3. The summed E-state index contributed by atoms with van der Waals surface area (Å²) in [5.74, 6) is 0.859. The summed E-state index contributed by atoms with van der Waals surface area (Å²) in [5.41, 5.74) is 0. The molecule has 0 saturated carbocycles. The summed E-state index contributed by atoms with van der Waals surface area (Å²) in [7, 11) is 1.81. The second-order valence-corrected chi connectivity index (χ2v) is 5.47. The van der Waals surface area contributed by atoms with Crippen molar-refractivity contribution in [1.29, 1.82) is 0 Å². The van der Waals surface area contributed by atoms with Crippen molar-refractivity contribution in [3.8, 4) is 0 Å². The van der Waals surface area contributed by atoms with Gasteiger partial charge in [0.05, 0.1) is 6.61 Å². The summed E-state index contributed by atoms with van der Waals surface area (Å²) in [6.07, 6.45) is 3.10. The lowest BCUT2D eigenvalue weighted by molar-refractivity contribution is -0.145. The molecule has 0 aliphatic carbocycles. The molecule has 0 aromatic rings. The van der Waals surface area contributed by atoms with E-state index in [0.29, 0.717) is 11.9 Å². The van der Waals surface area contributed by atoms with E-state index in [0.717, 1.165) is 38.2 Å². The molecule has 100 valence electrons. The molecule has 1 N–H and O–H groups in total. The third-order valence-electron chi connectivity index (χ3n) is 2.85. The summed E-state index contributed by atoms with van der Waals surface area (Å²) in [5, 5.41) is 3.71. The topological polar surface area (TPSA) is 47.6 Å². The Kier molecular flexibility index (Phi) is 7.64. The third kappa shape index (κ3) is 5.75. The Morgan fingerprint density at radius 1 is 1.53 bits per heavy atom. The predicted octanol–water partition coefficient (Wildman–Crippen LogP) is 1.44. The second-order valence-electron chi connectivity index (χ2n) is 4.06. The number of carbonyl (C=O) groups excluding carboxylic acids is 1. The fourth-order valence-corrected chi connectivity index (χ4v) is 3.05. The van der Waals surface area contributed by atoms with Gasteiger partial charge >= 0.3 is 5.97 Å². The van der Waals surface area contributed by atoms with E-state index in [9.17, 15) is 4.79 Å². The van der Waals surface area contributed by atoms with Gasteiger partial charge in [0.2, 0.25) is 0 Å². The van der Waals surface area contributed by atoms with Crippen LogP contribution in [0.15, 0.2) is 0 Å². The van der Waals surface area contributed by atoms with Crippen LogP contribution in [0.25, 0.3) is 0 Å². The largest absolute Gasteiger partial charge is 0.465 e. The average Bonchev–Trinajstić information content (AvgIpc) is 2.36. The lowest BCUT2D eigenvalue weighted by Crippen LogP contribution is -2.36. The Morgan fingerprint density at radius 2 is 2.24 bits per heavy atom. The Hall–Kier alpha value is -0.260. The van der Waals surface area contributed by atoms with Gasteiger partial charge in [-0.2, -0.15) is 11.8 Å². The molecule has 17 heavy (non-hydrogen) atoms. The molecule has 1 saturated heterocycles. The van der Waals surface area contributed by atoms with Crippen LogP contribution < -0.4 is 5.32 Å². The van der Waals surface area contributed by atoms with Crippen molar-refractivity contribution in [2.24, 2.45) is 0 Å². The molecule has 1 atom stereocenters. The fraction of sp³-hybridized carbons (Fsp3) is 0.917. The van der Waals surface area contributed by atoms with Crippen LogP contribution in [0.4, 0.5) is 0 Å². The standard InChI is InChI=1S/C12H23NO3S/c1-3-16-12(14)11(13-2)6-9-17-10-4-7-15-8-5-10/h10-11,13H,3-9H2,1-2H3. The summed E-state index contributed by atoms with van der Waals surface area (Å²) in [6, 6.07) is -0.165. The zero-order chi connectivity index (χ0) is 12.5. The second kappa shape index (κ2) is 8.78. The minimum atomic E-state index is -0.165. The first-order chi connectivity index (χ1) is 8.27. The molecule has 4 nitrogen and oxygen atoms in total. The molecular formula is C12H23NO3S. The molecule has 1 unspecified atom stereocenters. The van der Waals surface area contributed by atoms with Gasteiger partial charge in [-0.3, -0.25) is 4.79 Å². The molecule has 1 heterocycles.